The van der Waals surface area contributed by atoms with Crippen LogP contribution >= 0.6 is 0 Å². The number of sulfonamides is 1. The zero-order valence-corrected chi connectivity index (χ0v) is 22.0. The summed E-state index contributed by atoms with van der Waals surface area (Å²) in [4.78, 5) is 24.1. The van der Waals surface area contributed by atoms with E-state index in [-0.39, 0.29) is 42.4 Å². The molecule has 10 nitrogen and oxygen atoms in total. The molecule has 2 fully saturated rings. The Balaban J connectivity index is 1.39. The van der Waals surface area contributed by atoms with E-state index in [1.54, 1.807) is 0 Å². The van der Waals surface area contributed by atoms with Gasteiger partial charge < -0.3 is 15.0 Å². The third kappa shape index (κ3) is 6.19. The number of carbonyl (C=O) groups is 1. The molecule has 4 rings (SSSR count). The third-order valence-corrected chi connectivity index (χ3v) is 7.88. The fourth-order valence-corrected chi connectivity index (χ4v) is 5.35. The van der Waals surface area contributed by atoms with Gasteiger partial charge in [0, 0.05) is 30.2 Å². The first-order valence-electron chi connectivity index (χ1n) is 12.3. The molecule has 0 bridgehead atoms. The van der Waals surface area contributed by atoms with E-state index >= 15 is 0 Å². The number of piperidine rings is 1. The molecule has 1 aromatic heterocycles. The van der Waals surface area contributed by atoms with Gasteiger partial charge in [-0.3, -0.25) is 4.90 Å². The number of nitrogens with zero attached hydrogens (tertiary/aromatic N) is 4. The first-order chi connectivity index (χ1) is 17.6. The van der Waals surface area contributed by atoms with Gasteiger partial charge in [-0.05, 0) is 43.4 Å². The van der Waals surface area contributed by atoms with Gasteiger partial charge in [0.05, 0.1) is 18.3 Å². The summed E-state index contributed by atoms with van der Waals surface area (Å²) in [6.07, 6.45) is 1.86. The van der Waals surface area contributed by atoms with Crippen LogP contribution in [0.1, 0.15) is 45.2 Å². The van der Waals surface area contributed by atoms with Crippen molar-refractivity contribution in [3.8, 4) is 0 Å². The number of nitrogens with one attached hydrogen (secondary N) is 2. The lowest BCUT2D eigenvalue weighted by Crippen LogP contribution is -2.44. The van der Waals surface area contributed by atoms with E-state index in [0.717, 1.165) is 35.9 Å². The second-order valence-corrected chi connectivity index (χ2v) is 11.3. The molecular formula is C25H33FN6O4S. The van der Waals surface area contributed by atoms with Crippen LogP contribution in [0, 0.1) is 11.7 Å². The van der Waals surface area contributed by atoms with E-state index in [4.69, 9.17) is 4.74 Å². The summed E-state index contributed by atoms with van der Waals surface area (Å²) in [6.45, 7) is 10.8. The number of hydrogen-bond acceptors (Lipinski definition) is 8. The quantitative estimate of drug-likeness (QED) is 0.501. The second-order valence-electron chi connectivity index (χ2n) is 9.67. The van der Waals surface area contributed by atoms with Gasteiger partial charge in [0.1, 0.15) is 6.61 Å². The van der Waals surface area contributed by atoms with Crippen LogP contribution < -0.4 is 19.8 Å². The molecule has 1 amide bonds. The summed E-state index contributed by atoms with van der Waals surface area (Å²) in [6, 6.07) is 7.45. The lowest BCUT2D eigenvalue weighted by molar-refractivity contribution is 0.177. The van der Waals surface area contributed by atoms with Crippen molar-refractivity contribution in [3.63, 3.8) is 0 Å². The van der Waals surface area contributed by atoms with Gasteiger partial charge in [0.15, 0.2) is 11.6 Å². The van der Waals surface area contributed by atoms with Gasteiger partial charge in [-0.15, -0.1) is 0 Å². The maximum absolute atomic E-state index is 14.6. The minimum atomic E-state index is -3.43. The molecule has 37 heavy (non-hydrogen) atoms. The van der Waals surface area contributed by atoms with Crippen molar-refractivity contribution in [2.45, 2.75) is 51.7 Å². The number of amides is 1. The molecule has 2 aliphatic heterocycles. The first-order valence-corrected chi connectivity index (χ1v) is 13.9. The average molecular weight is 533 g/mol. The number of benzene rings is 1. The number of anilines is 3. The van der Waals surface area contributed by atoms with Crippen molar-refractivity contribution < 1.29 is 22.3 Å². The number of carbonyl (C=O) groups excluding carboxylic acids is 1. The second kappa shape index (κ2) is 11.0. The molecule has 2 saturated heterocycles. The molecule has 2 N–H and O–H groups in total. The summed E-state index contributed by atoms with van der Waals surface area (Å²) in [5.41, 5.74) is 2.03. The van der Waals surface area contributed by atoms with Crippen molar-refractivity contribution in [2.75, 3.05) is 34.8 Å². The summed E-state index contributed by atoms with van der Waals surface area (Å²) < 4.78 is 45.8. The van der Waals surface area contributed by atoms with Crippen LogP contribution in [0.2, 0.25) is 0 Å². The van der Waals surface area contributed by atoms with Crippen LogP contribution in [0.4, 0.5) is 26.6 Å². The Morgan fingerprint density at radius 1 is 1.19 bits per heavy atom. The fraction of sp³-hybridized carbons (Fsp3) is 0.480. The number of ether oxygens (including phenoxy) is 1. The summed E-state index contributed by atoms with van der Waals surface area (Å²) in [5.74, 6) is -0.510. The molecule has 1 aromatic carbocycles. The maximum atomic E-state index is 14.6. The summed E-state index contributed by atoms with van der Waals surface area (Å²) in [7, 11) is -3.43. The van der Waals surface area contributed by atoms with Crippen molar-refractivity contribution in [1.82, 2.24) is 14.7 Å². The van der Waals surface area contributed by atoms with Crippen LogP contribution in [-0.4, -0.2) is 56.3 Å². The molecule has 0 aliphatic carbocycles. The molecule has 2 aromatic rings. The van der Waals surface area contributed by atoms with E-state index in [1.165, 1.54) is 4.90 Å². The fourth-order valence-electron chi connectivity index (χ4n) is 4.55. The normalized spacial score (nSPS) is 19.7. The van der Waals surface area contributed by atoms with Crippen LogP contribution in [0.3, 0.4) is 0 Å². The van der Waals surface area contributed by atoms with E-state index < -0.39 is 21.9 Å². The topological polar surface area (TPSA) is 117 Å². The lowest BCUT2D eigenvalue weighted by atomic mass is 10.0. The molecule has 2 atom stereocenters. The largest absolute Gasteiger partial charge is 0.447 e. The molecule has 12 heteroatoms. The number of cyclic esters (lactones) is 1. The Bertz CT molecular complexity index is 1230. The number of halogens is 1. The van der Waals surface area contributed by atoms with Crippen molar-refractivity contribution in [2.24, 2.45) is 5.92 Å². The van der Waals surface area contributed by atoms with Crippen molar-refractivity contribution in [1.29, 1.82) is 0 Å². The molecule has 0 saturated carbocycles. The molecule has 0 spiro atoms. The van der Waals surface area contributed by atoms with E-state index in [1.807, 2.05) is 45.0 Å². The van der Waals surface area contributed by atoms with Gasteiger partial charge in [-0.2, -0.15) is 4.98 Å². The average Bonchev–Trinajstić information content (AvgIpc) is 3.27. The molecule has 2 aliphatic rings. The SMILES string of the molecule is C=CS(=O)(=O)NC1CCN(c2ccc([C@@H](C)Nc3ncc(F)c(N4C(=O)OC[C@H]4C(C)C)n3)cc2)CC1. The smallest absolute Gasteiger partial charge is 0.416 e. The van der Waals surface area contributed by atoms with E-state index in [2.05, 4.69) is 31.5 Å². The Labute approximate surface area is 217 Å². The predicted octanol–water partition coefficient (Wildman–Crippen LogP) is 3.80. The molecule has 0 radical (unpaired) electrons. The van der Waals surface area contributed by atoms with Crippen LogP contribution in [0.25, 0.3) is 0 Å². The highest BCUT2D eigenvalue weighted by molar-refractivity contribution is 7.92. The van der Waals surface area contributed by atoms with Crippen LogP contribution in [-0.2, 0) is 14.8 Å². The summed E-state index contributed by atoms with van der Waals surface area (Å²) >= 11 is 0. The monoisotopic (exact) mass is 532 g/mol. The van der Waals surface area contributed by atoms with Gasteiger partial charge in [-0.25, -0.2) is 27.3 Å². The molecular weight excluding hydrogens is 499 g/mol. The highest BCUT2D eigenvalue weighted by atomic mass is 32.2. The Morgan fingerprint density at radius 2 is 1.86 bits per heavy atom. The highest BCUT2D eigenvalue weighted by Gasteiger charge is 2.39. The van der Waals surface area contributed by atoms with Gasteiger partial charge >= 0.3 is 6.09 Å². The molecule has 0 unspecified atom stereocenters. The van der Waals surface area contributed by atoms with Crippen molar-refractivity contribution >= 4 is 33.6 Å². The lowest BCUT2D eigenvalue weighted by Gasteiger charge is -2.33. The minimum absolute atomic E-state index is 0.0666. The van der Waals surface area contributed by atoms with Gasteiger partial charge in [-0.1, -0.05) is 32.6 Å². The minimum Gasteiger partial charge on any atom is -0.447 e. The van der Waals surface area contributed by atoms with E-state index in [9.17, 15) is 17.6 Å². The first kappa shape index (κ1) is 26.8. The third-order valence-electron chi connectivity index (χ3n) is 6.78. The van der Waals surface area contributed by atoms with Gasteiger partial charge in [0.2, 0.25) is 16.0 Å². The van der Waals surface area contributed by atoms with Crippen molar-refractivity contribution in [3.05, 3.63) is 53.8 Å². The maximum Gasteiger partial charge on any atom is 0.416 e. The standard InChI is InChI=1S/C25H33FN6O4S/c1-5-37(34,35)30-19-10-12-31(13-11-19)20-8-6-18(7-9-20)17(4)28-24-27-14-21(26)23(29-24)32-22(16(2)3)15-36-25(32)33/h5-9,14,16-17,19,22,30H,1,10-13,15H2,2-4H3,(H,27,28,29)/t17-,22+/m1/s1. The Hall–Kier alpha value is -3.25. The number of rotatable bonds is 9. The zero-order valence-electron chi connectivity index (χ0n) is 21.2. The van der Waals surface area contributed by atoms with Gasteiger partial charge in [0.25, 0.3) is 0 Å². The predicted molar refractivity (Wildman–Crippen MR) is 140 cm³/mol. The molecule has 200 valence electrons. The Kier molecular flexibility index (Phi) is 7.98. The highest BCUT2D eigenvalue weighted by Crippen LogP contribution is 2.29. The van der Waals surface area contributed by atoms with E-state index in [0.29, 0.717) is 12.8 Å². The Morgan fingerprint density at radius 3 is 2.49 bits per heavy atom. The summed E-state index contributed by atoms with van der Waals surface area (Å²) in [5, 5.41) is 4.12. The number of aromatic nitrogens is 2. The van der Waals surface area contributed by atoms with Crippen LogP contribution in [0.5, 0.6) is 0 Å². The molecule has 3 heterocycles. The number of hydrogen-bond donors (Lipinski definition) is 2. The van der Waals surface area contributed by atoms with Crippen LogP contribution in [0.15, 0.2) is 42.4 Å². The zero-order chi connectivity index (χ0) is 26.7.